The standard InChI is InChI=1S/C30H36N2O2/c1-5-27(29(34)31-30(2,3)4)32(22-23-15-9-6-10-16-23)28(33)21-26(24-17-11-7-12-18-24)25-19-13-8-14-20-25/h6-20,26-27H,5,21-22H2,1-4H3,(H,31,34)/t27-/m1/s1. The molecule has 4 heteroatoms. The number of nitrogens with zero attached hydrogens (tertiary/aromatic N) is 1. The SMILES string of the molecule is CC[C@H](C(=O)NC(C)(C)C)N(Cc1ccccc1)C(=O)CC(c1ccccc1)c1ccccc1. The fourth-order valence-corrected chi connectivity index (χ4v) is 4.24. The molecule has 0 saturated heterocycles. The summed E-state index contributed by atoms with van der Waals surface area (Å²) in [6.45, 7) is 8.24. The van der Waals surface area contributed by atoms with Gasteiger partial charge in [-0.3, -0.25) is 9.59 Å². The van der Waals surface area contributed by atoms with E-state index in [0.717, 1.165) is 16.7 Å². The molecule has 3 rings (SSSR count). The molecule has 0 bridgehead atoms. The van der Waals surface area contributed by atoms with Gasteiger partial charge in [-0.2, -0.15) is 0 Å². The predicted molar refractivity (Wildman–Crippen MR) is 138 cm³/mol. The van der Waals surface area contributed by atoms with Gasteiger partial charge in [-0.15, -0.1) is 0 Å². The van der Waals surface area contributed by atoms with Gasteiger partial charge < -0.3 is 10.2 Å². The molecule has 1 N–H and O–H groups in total. The summed E-state index contributed by atoms with van der Waals surface area (Å²) in [7, 11) is 0. The first-order chi connectivity index (χ1) is 16.3. The van der Waals surface area contributed by atoms with Crippen LogP contribution in [0.15, 0.2) is 91.0 Å². The second-order valence-corrected chi connectivity index (χ2v) is 9.75. The van der Waals surface area contributed by atoms with Crippen LogP contribution in [0.5, 0.6) is 0 Å². The van der Waals surface area contributed by atoms with Crippen LogP contribution in [0.25, 0.3) is 0 Å². The number of benzene rings is 3. The van der Waals surface area contributed by atoms with Crippen molar-refractivity contribution >= 4 is 11.8 Å². The van der Waals surface area contributed by atoms with E-state index in [2.05, 4.69) is 29.6 Å². The van der Waals surface area contributed by atoms with Gasteiger partial charge in [0.15, 0.2) is 0 Å². The predicted octanol–water partition coefficient (Wildman–Crippen LogP) is 5.93. The van der Waals surface area contributed by atoms with Crippen molar-refractivity contribution in [3.8, 4) is 0 Å². The zero-order valence-corrected chi connectivity index (χ0v) is 20.7. The number of carbonyl (C=O) groups excluding carboxylic acids is 2. The van der Waals surface area contributed by atoms with E-state index >= 15 is 0 Å². The van der Waals surface area contributed by atoms with Crippen molar-refractivity contribution in [2.75, 3.05) is 0 Å². The highest BCUT2D eigenvalue weighted by molar-refractivity contribution is 5.88. The molecule has 2 amide bonds. The Morgan fingerprint density at radius 1 is 0.794 bits per heavy atom. The average Bonchev–Trinajstić information content (AvgIpc) is 2.83. The van der Waals surface area contributed by atoms with E-state index in [4.69, 9.17) is 0 Å². The molecule has 34 heavy (non-hydrogen) atoms. The molecule has 178 valence electrons. The van der Waals surface area contributed by atoms with Crippen molar-refractivity contribution in [3.05, 3.63) is 108 Å². The van der Waals surface area contributed by atoms with Crippen molar-refractivity contribution in [2.45, 2.75) is 64.6 Å². The minimum Gasteiger partial charge on any atom is -0.350 e. The zero-order chi connectivity index (χ0) is 24.6. The lowest BCUT2D eigenvalue weighted by atomic mass is 9.88. The Bertz CT molecular complexity index is 1000. The zero-order valence-electron chi connectivity index (χ0n) is 20.7. The van der Waals surface area contributed by atoms with Gasteiger partial charge in [0.25, 0.3) is 0 Å². The molecule has 0 unspecified atom stereocenters. The van der Waals surface area contributed by atoms with Crippen molar-refractivity contribution in [3.63, 3.8) is 0 Å². The van der Waals surface area contributed by atoms with E-state index in [1.54, 1.807) is 4.90 Å². The van der Waals surface area contributed by atoms with Gasteiger partial charge in [0, 0.05) is 24.4 Å². The van der Waals surface area contributed by atoms with E-state index in [9.17, 15) is 9.59 Å². The van der Waals surface area contributed by atoms with Crippen LogP contribution in [0.2, 0.25) is 0 Å². The van der Waals surface area contributed by atoms with Crippen molar-refractivity contribution in [1.82, 2.24) is 10.2 Å². The van der Waals surface area contributed by atoms with Crippen LogP contribution in [-0.4, -0.2) is 28.3 Å². The van der Waals surface area contributed by atoms with Crippen LogP contribution in [0.1, 0.15) is 63.1 Å². The smallest absolute Gasteiger partial charge is 0.243 e. The highest BCUT2D eigenvalue weighted by atomic mass is 16.2. The molecular formula is C30H36N2O2. The van der Waals surface area contributed by atoms with E-state index < -0.39 is 6.04 Å². The molecular weight excluding hydrogens is 420 g/mol. The highest BCUT2D eigenvalue weighted by Crippen LogP contribution is 2.29. The number of amides is 2. The Hall–Kier alpha value is -3.40. The molecule has 0 aliphatic carbocycles. The average molecular weight is 457 g/mol. The summed E-state index contributed by atoms with van der Waals surface area (Å²) in [4.78, 5) is 28.9. The molecule has 0 fully saturated rings. The van der Waals surface area contributed by atoms with Crippen LogP contribution in [0.4, 0.5) is 0 Å². The number of hydrogen-bond acceptors (Lipinski definition) is 2. The molecule has 0 aliphatic rings. The second-order valence-electron chi connectivity index (χ2n) is 9.75. The Labute approximate surface area is 204 Å². The lowest BCUT2D eigenvalue weighted by Crippen LogP contribution is -2.53. The largest absolute Gasteiger partial charge is 0.350 e. The Morgan fingerprint density at radius 3 is 1.71 bits per heavy atom. The first-order valence-electron chi connectivity index (χ1n) is 12.0. The fraction of sp³-hybridized carbons (Fsp3) is 0.333. The molecule has 3 aromatic rings. The van der Waals surface area contributed by atoms with E-state index in [1.165, 1.54) is 0 Å². The maximum Gasteiger partial charge on any atom is 0.243 e. The minimum atomic E-state index is -0.542. The first-order valence-corrected chi connectivity index (χ1v) is 12.0. The molecule has 3 aromatic carbocycles. The summed E-state index contributed by atoms with van der Waals surface area (Å²) in [5, 5.41) is 3.08. The van der Waals surface area contributed by atoms with Crippen molar-refractivity contribution in [2.24, 2.45) is 0 Å². The third-order valence-corrected chi connectivity index (χ3v) is 5.86. The van der Waals surface area contributed by atoms with Gasteiger partial charge >= 0.3 is 0 Å². The van der Waals surface area contributed by atoms with Gasteiger partial charge in [0.1, 0.15) is 6.04 Å². The van der Waals surface area contributed by atoms with Gasteiger partial charge in [0.05, 0.1) is 0 Å². The monoisotopic (exact) mass is 456 g/mol. The van der Waals surface area contributed by atoms with E-state index in [-0.39, 0.29) is 23.3 Å². The lowest BCUT2D eigenvalue weighted by Gasteiger charge is -2.34. The summed E-state index contributed by atoms with van der Waals surface area (Å²) >= 11 is 0. The number of rotatable bonds is 9. The molecule has 0 saturated carbocycles. The second kappa shape index (κ2) is 11.6. The van der Waals surface area contributed by atoms with Crippen LogP contribution in [0, 0.1) is 0 Å². The highest BCUT2D eigenvalue weighted by Gasteiger charge is 2.32. The van der Waals surface area contributed by atoms with Gasteiger partial charge in [0.2, 0.25) is 11.8 Å². The van der Waals surface area contributed by atoms with Crippen LogP contribution < -0.4 is 5.32 Å². The molecule has 0 heterocycles. The maximum atomic E-state index is 13.9. The van der Waals surface area contributed by atoms with Crippen molar-refractivity contribution < 1.29 is 9.59 Å². The van der Waals surface area contributed by atoms with Gasteiger partial charge in [-0.05, 0) is 43.9 Å². The van der Waals surface area contributed by atoms with Gasteiger partial charge in [-0.1, -0.05) is 97.9 Å². The summed E-state index contributed by atoms with van der Waals surface area (Å²) in [6.07, 6.45) is 0.835. The minimum absolute atomic E-state index is 0.0301. The third kappa shape index (κ3) is 7.05. The molecule has 1 atom stereocenters. The summed E-state index contributed by atoms with van der Waals surface area (Å²) < 4.78 is 0. The summed E-state index contributed by atoms with van der Waals surface area (Å²) in [5.74, 6) is -0.232. The fourth-order valence-electron chi connectivity index (χ4n) is 4.24. The maximum absolute atomic E-state index is 13.9. The molecule has 0 aliphatic heterocycles. The quantitative estimate of drug-likeness (QED) is 0.434. The topological polar surface area (TPSA) is 49.4 Å². The third-order valence-electron chi connectivity index (χ3n) is 5.86. The molecule has 0 radical (unpaired) electrons. The Morgan fingerprint density at radius 2 is 1.26 bits per heavy atom. The lowest BCUT2D eigenvalue weighted by molar-refractivity contribution is -0.142. The van der Waals surface area contributed by atoms with E-state index in [0.29, 0.717) is 19.4 Å². The normalized spacial score (nSPS) is 12.3. The van der Waals surface area contributed by atoms with Crippen LogP contribution in [-0.2, 0) is 16.1 Å². The van der Waals surface area contributed by atoms with Crippen LogP contribution >= 0.6 is 0 Å². The Kier molecular flexibility index (Phi) is 8.64. The first kappa shape index (κ1) is 25.2. The van der Waals surface area contributed by atoms with Crippen molar-refractivity contribution in [1.29, 1.82) is 0 Å². The summed E-state index contributed by atoms with van der Waals surface area (Å²) in [5.41, 5.74) is 2.82. The van der Waals surface area contributed by atoms with E-state index in [1.807, 2.05) is 94.4 Å². The molecule has 0 spiro atoms. The van der Waals surface area contributed by atoms with Crippen LogP contribution in [0.3, 0.4) is 0 Å². The molecule has 0 aromatic heterocycles. The number of carbonyl (C=O) groups is 2. The summed E-state index contributed by atoms with van der Waals surface area (Å²) in [6, 6.07) is 29.6. The van der Waals surface area contributed by atoms with Gasteiger partial charge in [-0.25, -0.2) is 0 Å². The number of hydrogen-bond donors (Lipinski definition) is 1. The number of nitrogens with one attached hydrogen (secondary N) is 1. The molecule has 4 nitrogen and oxygen atoms in total. The Balaban J connectivity index is 1.94.